The van der Waals surface area contributed by atoms with Crippen LogP contribution >= 0.6 is 0 Å². The Bertz CT molecular complexity index is 1580. The number of hydrogen-bond acceptors (Lipinski definition) is 2. The summed E-state index contributed by atoms with van der Waals surface area (Å²) < 4.78 is 2.26. The van der Waals surface area contributed by atoms with E-state index in [1.165, 1.54) is 16.3 Å². The minimum atomic E-state index is -0.203. The molecule has 0 N–H and O–H groups in total. The highest BCUT2D eigenvalue weighted by Crippen LogP contribution is 2.28. The lowest BCUT2D eigenvalue weighted by Gasteiger charge is -2.07. The molecular weight excluding hydrogens is 394 g/mol. The second kappa shape index (κ2) is 7.17. The minimum Gasteiger partial charge on any atom is -0.336 e. The molecule has 0 bridgehead atoms. The minimum absolute atomic E-state index is 0.203. The molecule has 152 valence electrons. The summed E-state index contributed by atoms with van der Waals surface area (Å²) in [5, 5.41) is 4.48. The number of ketones is 2. The van der Waals surface area contributed by atoms with Crippen LogP contribution in [0.4, 0.5) is 0 Å². The second-order valence-electron chi connectivity index (χ2n) is 8.09. The number of nitrogens with zero attached hydrogens (tertiary/aromatic N) is 1. The molecule has 1 aromatic heterocycles. The predicted octanol–water partition coefficient (Wildman–Crippen LogP) is 5.35. The molecule has 0 atom stereocenters. The van der Waals surface area contributed by atoms with Crippen LogP contribution in [0.15, 0.2) is 103 Å². The van der Waals surface area contributed by atoms with E-state index in [-0.39, 0.29) is 17.1 Å². The lowest BCUT2D eigenvalue weighted by molar-refractivity contribution is 0.0989. The maximum absolute atomic E-state index is 12.9. The van der Waals surface area contributed by atoms with Gasteiger partial charge in [0.15, 0.2) is 11.6 Å². The van der Waals surface area contributed by atoms with Crippen molar-refractivity contribution in [1.82, 2.24) is 4.57 Å². The van der Waals surface area contributed by atoms with E-state index in [0.29, 0.717) is 17.7 Å². The van der Waals surface area contributed by atoms with Crippen LogP contribution in [0.5, 0.6) is 0 Å². The number of aromatic nitrogens is 1. The predicted molar refractivity (Wildman–Crippen MR) is 128 cm³/mol. The molecule has 0 unspecified atom stereocenters. The van der Waals surface area contributed by atoms with Crippen LogP contribution < -0.4 is 5.35 Å². The number of rotatable bonds is 3. The monoisotopic (exact) mass is 413 g/mol. The van der Waals surface area contributed by atoms with E-state index >= 15 is 0 Å². The van der Waals surface area contributed by atoms with Gasteiger partial charge in [-0.2, -0.15) is 0 Å². The molecule has 0 saturated carbocycles. The summed E-state index contributed by atoms with van der Waals surface area (Å²) in [6.07, 6.45) is 3.62. The van der Waals surface area contributed by atoms with Gasteiger partial charge in [0.05, 0.1) is 11.1 Å². The van der Waals surface area contributed by atoms with Crippen molar-refractivity contribution in [1.29, 1.82) is 0 Å². The van der Waals surface area contributed by atoms with Gasteiger partial charge in [-0.25, -0.2) is 0 Å². The lowest BCUT2D eigenvalue weighted by atomic mass is 10.1. The van der Waals surface area contributed by atoms with Crippen molar-refractivity contribution in [2.75, 3.05) is 0 Å². The molecule has 1 heterocycles. The Morgan fingerprint density at radius 2 is 1.31 bits per heavy atom. The van der Waals surface area contributed by atoms with E-state index < -0.39 is 0 Å². The molecule has 1 aliphatic rings. The fourth-order valence-electron chi connectivity index (χ4n) is 4.74. The van der Waals surface area contributed by atoms with Crippen LogP contribution in [0, 0.1) is 0 Å². The summed E-state index contributed by atoms with van der Waals surface area (Å²) in [6, 6.07) is 29.9. The zero-order valence-electron chi connectivity index (χ0n) is 17.3. The average molecular weight is 413 g/mol. The number of benzene rings is 4. The van der Waals surface area contributed by atoms with Gasteiger partial charge >= 0.3 is 0 Å². The summed E-state index contributed by atoms with van der Waals surface area (Å²) in [5.41, 5.74) is 3.52. The van der Waals surface area contributed by atoms with Crippen molar-refractivity contribution >= 4 is 39.3 Å². The highest BCUT2D eigenvalue weighted by atomic mass is 16.2. The van der Waals surface area contributed by atoms with Crippen LogP contribution in [0.25, 0.3) is 27.8 Å². The number of carbonyl (C=O) groups is 2. The molecule has 0 fully saturated rings. The Hall–Kier alpha value is -4.24. The summed E-state index contributed by atoms with van der Waals surface area (Å²) in [4.78, 5) is 25.7. The molecule has 3 heteroatoms. The first-order chi connectivity index (χ1) is 15.7. The van der Waals surface area contributed by atoms with Crippen LogP contribution in [-0.2, 0) is 6.54 Å². The highest BCUT2D eigenvalue weighted by molar-refractivity contribution is 6.39. The maximum Gasteiger partial charge on any atom is 0.197 e. The van der Waals surface area contributed by atoms with Gasteiger partial charge in [-0.1, -0.05) is 84.9 Å². The Balaban J connectivity index is 1.59. The van der Waals surface area contributed by atoms with E-state index in [1.807, 2.05) is 24.3 Å². The van der Waals surface area contributed by atoms with Crippen LogP contribution in [-0.4, -0.2) is 16.1 Å². The van der Waals surface area contributed by atoms with E-state index in [1.54, 1.807) is 30.3 Å². The average Bonchev–Trinajstić information content (AvgIpc) is 3.26. The summed E-state index contributed by atoms with van der Waals surface area (Å²) in [5.74, 6) is -0.406. The van der Waals surface area contributed by atoms with Gasteiger partial charge in [-0.05, 0) is 29.2 Å². The van der Waals surface area contributed by atoms with Gasteiger partial charge in [0.2, 0.25) is 0 Å². The summed E-state index contributed by atoms with van der Waals surface area (Å²) >= 11 is 0. The smallest absolute Gasteiger partial charge is 0.197 e. The Morgan fingerprint density at radius 3 is 2.03 bits per heavy atom. The molecule has 5 aromatic rings. The van der Waals surface area contributed by atoms with Gasteiger partial charge in [-0.15, -0.1) is 0 Å². The molecule has 0 amide bonds. The standard InChI is InChI=1S/C29H19NO2/c31-28-21-12-4-5-13-22(21)29(32)24(28)16-17-25-23-14-6-10-20-11-7-15-26(27(20)23)30(25)18-19-8-2-1-3-9-19/h1-17H,18H2/b25-17+. The third-order valence-electron chi connectivity index (χ3n) is 6.24. The lowest BCUT2D eigenvalue weighted by Crippen LogP contribution is -2.17. The van der Waals surface area contributed by atoms with Crippen LogP contribution in [0.1, 0.15) is 26.3 Å². The number of carbonyl (C=O) groups excluding carboxylic acids is 2. The van der Waals surface area contributed by atoms with E-state index in [2.05, 4.69) is 53.1 Å². The molecule has 0 spiro atoms. The quantitative estimate of drug-likeness (QED) is 0.296. The molecule has 0 aliphatic heterocycles. The molecule has 0 radical (unpaired) electrons. The van der Waals surface area contributed by atoms with Gasteiger partial charge in [0.1, 0.15) is 0 Å². The van der Waals surface area contributed by atoms with Crippen LogP contribution in [0.3, 0.4) is 0 Å². The first-order valence-electron chi connectivity index (χ1n) is 10.7. The molecule has 3 nitrogen and oxygen atoms in total. The van der Waals surface area contributed by atoms with Crippen molar-refractivity contribution in [2.24, 2.45) is 0 Å². The number of allylic oxidation sites excluding steroid dienone is 2. The molecule has 6 rings (SSSR count). The molecular formula is C29H19NO2. The summed E-state index contributed by atoms with van der Waals surface area (Å²) in [7, 11) is 0. The van der Waals surface area contributed by atoms with E-state index in [9.17, 15) is 9.59 Å². The topological polar surface area (TPSA) is 39.1 Å². The van der Waals surface area contributed by atoms with Gasteiger partial charge in [-0.3, -0.25) is 9.59 Å². The first-order valence-corrected chi connectivity index (χ1v) is 10.7. The fraction of sp³-hybridized carbons (Fsp3) is 0.0345. The molecule has 32 heavy (non-hydrogen) atoms. The highest BCUT2D eigenvalue weighted by Gasteiger charge is 2.32. The summed E-state index contributed by atoms with van der Waals surface area (Å²) in [6.45, 7) is 0.700. The van der Waals surface area contributed by atoms with Crippen molar-refractivity contribution in [3.63, 3.8) is 0 Å². The molecule has 0 saturated heterocycles. The van der Waals surface area contributed by atoms with Gasteiger partial charge < -0.3 is 4.57 Å². The van der Waals surface area contributed by atoms with Crippen molar-refractivity contribution < 1.29 is 9.59 Å². The third kappa shape index (κ3) is 2.75. The normalized spacial score (nSPS) is 14.0. The second-order valence-corrected chi connectivity index (χ2v) is 8.09. The van der Waals surface area contributed by atoms with Crippen molar-refractivity contribution in [3.8, 4) is 0 Å². The largest absolute Gasteiger partial charge is 0.336 e. The number of hydrogen-bond donors (Lipinski definition) is 0. The molecule has 4 aromatic carbocycles. The zero-order chi connectivity index (χ0) is 21.7. The zero-order valence-corrected chi connectivity index (χ0v) is 17.3. The van der Waals surface area contributed by atoms with E-state index in [4.69, 9.17) is 0 Å². The number of fused-ring (bicyclic) bond motifs is 1. The molecule has 1 aliphatic carbocycles. The first kappa shape index (κ1) is 18.5. The Labute approximate surface area is 184 Å². The van der Waals surface area contributed by atoms with Crippen molar-refractivity contribution in [3.05, 3.63) is 125 Å². The van der Waals surface area contributed by atoms with Crippen molar-refractivity contribution in [2.45, 2.75) is 6.54 Å². The van der Waals surface area contributed by atoms with Crippen LogP contribution in [0.2, 0.25) is 0 Å². The number of Topliss-reactive ketones (excluding diaryl/α,β-unsaturated/α-hetero) is 2. The Kier molecular flexibility index (Phi) is 4.15. The SMILES string of the molecule is O=C1C(=C/C=c2\c3cccc4cccc(c43)n2Cc2ccccc2)C(=O)c2ccccc21. The van der Waals surface area contributed by atoms with E-state index in [0.717, 1.165) is 16.3 Å². The van der Waals surface area contributed by atoms with Gasteiger partial charge in [0, 0.05) is 33.8 Å². The third-order valence-corrected chi connectivity index (χ3v) is 6.24. The maximum atomic E-state index is 12.9. The fourth-order valence-corrected chi connectivity index (χ4v) is 4.74. The van der Waals surface area contributed by atoms with Gasteiger partial charge in [0.25, 0.3) is 0 Å². The Morgan fingerprint density at radius 1 is 0.656 bits per heavy atom.